The fraction of sp³-hybridized carbons (Fsp3) is 0.600. The van der Waals surface area contributed by atoms with Crippen molar-refractivity contribution in [1.82, 2.24) is 15.6 Å². The summed E-state index contributed by atoms with van der Waals surface area (Å²) in [5.74, 6) is 0.892. The monoisotopic (exact) mass is 326 g/mol. The molecule has 1 heterocycles. The second-order valence-corrected chi connectivity index (χ2v) is 7.60. The lowest BCUT2D eigenvalue weighted by Crippen LogP contribution is -2.43. The lowest BCUT2D eigenvalue weighted by molar-refractivity contribution is 0.581. The molecule has 1 aromatic rings. The van der Waals surface area contributed by atoms with Gasteiger partial charge in [-0.25, -0.2) is 8.42 Å². The second-order valence-electron chi connectivity index (χ2n) is 5.34. The zero-order valence-corrected chi connectivity index (χ0v) is 14.4. The van der Waals surface area contributed by atoms with Crippen LogP contribution in [-0.2, 0) is 16.3 Å². The fourth-order valence-corrected chi connectivity index (χ4v) is 2.64. The Morgan fingerprint density at radius 2 is 2.23 bits per heavy atom. The highest BCUT2D eigenvalue weighted by molar-refractivity contribution is 7.90. The van der Waals surface area contributed by atoms with Crippen molar-refractivity contribution in [1.29, 1.82) is 0 Å². The van der Waals surface area contributed by atoms with Gasteiger partial charge in [0.2, 0.25) is 0 Å². The van der Waals surface area contributed by atoms with Crippen LogP contribution in [0.2, 0.25) is 0 Å². The van der Waals surface area contributed by atoms with E-state index in [9.17, 15) is 8.42 Å². The SMILES string of the molecule is CCNC(=NCCc1cccnc1)NC(C)CCS(C)(=O)=O. The molecule has 124 valence electrons. The third kappa shape index (κ3) is 8.61. The first-order valence-corrected chi connectivity index (χ1v) is 9.58. The van der Waals surface area contributed by atoms with E-state index in [0.717, 1.165) is 18.5 Å². The van der Waals surface area contributed by atoms with E-state index in [1.807, 2.05) is 32.2 Å². The van der Waals surface area contributed by atoms with E-state index < -0.39 is 9.84 Å². The van der Waals surface area contributed by atoms with Gasteiger partial charge in [-0.15, -0.1) is 0 Å². The first kappa shape index (κ1) is 18.4. The highest BCUT2D eigenvalue weighted by Crippen LogP contribution is 1.98. The molecule has 0 saturated carbocycles. The second kappa shape index (κ2) is 9.40. The van der Waals surface area contributed by atoms with Crippen molar-refractivity contribution in [2.24, 2.45) is 4.99 Å². The Labute approximate surface area is 133 Å². The van der Waals surface area contributed by atoms with E-state index in [1.54, 1.807) is 6.20 Å². The van der Waals surface area contributed by atoms with Gasteiger partial charge in [0.1, 0.15) is 9.84 Å². The summed E-state index contributed by atoms with van der Waals surface area (Å²) in [7, 11) is -2.93. The molecule has 0 saturated heterocycles. The first-order chi connectivity index (χ1) is 10.4. The normalized spacial score (nSPS) is 13.7. The van der Waals surface area contributed by atoms with E-state index in [1.165, 1.54) is 6.26 Å². The fourth-order valence-electron chi connectivity index (χ4n) is 1.86. The molecule has 0 fully saturated rings. The van der Waals surface area contributed by atoms with Crippen molar-refractivity contribution in [2.45, 2.75) is 32.7 Å². The minimum atomic E-state index is -2.93. The summed E-state index contributed by atoms with van der Waals surface area (Å²) in [4.78, 5) is 8.59. The van der Waals surface area contributed by atoms with Crippen LogP contribution < -0.4 is 10.6 Å². The van der Waals surface area contributed by atoms with Crippen LogP contribution >= 0.6 is 0 Å². The van der Waals surface area contributed by atoms with Crippen molar-refractivity contribution >= 4 is 15.8 Å². The van der Waals surface area contributed by atoms with Crippen LogP contribution in [0, 0.1) is 0 Å². The van der Waals surface area contributed by atoms with E-state index in [2.05, 4.69) is 20.6 Å². The Hall–Kier alpha value is -1.63. The number of hydrogen-bond acceptors (Lipinski definition) is 4. The van der Waals surface area contributed by atoms with Crippen LogP contribution in [0.3, 0.4) is 0 Å². The number of sulfone groups is 1. The van der Waals surface area contributed by atoms with Gasteiger partial charge in [-0.1, -0.05) is 6.07 Å². The Bertz CT molecular complexity index is 558. The lowest BCUT2D eigenvalue weighted by Gasteiger charge is -2.17. The molecule has 0 aliphatic rings. The molecule has 1 atom stereocenters. The molecule has 6 nitrogen and oxygen atoms in total. The predicted octanol–water partition coefficient (Wildman–Crippen LogP) is 1.00. The summed E-state index contributed by atoms with van der Waals surface area (Å²) in [5, 5.41) is 6.41. The summed E-state index contributed by atoms with van der Waals surface area (Å²) >= 11 is 0. The standard InChI is InChI=1S/C15H26N4O2S/c1-4-17-15(19-13(2)8-11-22(3,20)21)18-10-7-14-6-5-9-16-12-14/h5-6,9,12-13H,4,7-8,10-11H2,1-3H3,(H2,17,18,19). The van der Waals surface area contributed by atoms with Crippen molar-refractivity contribution in [3.63, 3.8) is 0 Å². The van der Waals surface area contributed by atoms with Gasteiger partial charge in [0.25, 0.3) is 0 Å². The number of aliphatic imine (C=N–C) groups is 1. The lowest BCUT2D eigenvalue weighted by atomic mass is 10.2. The maximum Gasteiger partial charge on any atom is 0.191 e. The number of pyridine rings is 1. The molecule has 1 unspecified atom stereocenters. The number of nitrogens with zero attached hydrogens (tertiary/aromatic N) is 2. The van der Waals surface area contributed by atoms with E-state index >= 15 is 0 Å². The topological polar surface area (TPSA) is 83.4 Å². The van der Waals surface area contributed by atoms with Gasteiger partial charge in [-0.05, 0) is 38.3 Å². The Morgan fingerprint density at radius 1 is 1.45 bits per heavy atom. The van der Waals surface area contributed by atoms with Crippen LogP contribution in [0.1, 0.15) is 25.8 Å². The molecule has 0 bridgehead atoms. The average Bonchev–Trinajstić information content (AvgIpc) is 2.46. The van der Waals surface area contributed by atoms with Crippen molar-refractivity contribution < 1.29 is 8.42 Å². The Balaban J connectivity index is 2.47. The molecule has 2 N–H and O–H groups in total. The summed E-state index contributed by atoms with van der Waals surface area (Å²) < 4.78 is 22.4. The molecule has 0 aliphatic carbocycles. The summed E-state index contributed by atoms with van der Waals surface area (Å²) in [6.07, 6.45) is 6.23. The van der Waals surface area contributed by atoms with E-state index in [0.29, 0.717) is 18.9 Å². The molecule has 7 heteroatoms. The van der Waals surface area contributed by atoms with E-state index in [4.69, 9.17) is 0 Å². The molecule has 0 aliphatic heterocycles. The van der Waals surface area contributed by atoms with Crippen molar-refractivity contribution in [3.05, 3.63) is 30.1 Å². The quantitative estimate of drug-likeness (QED) is 0.550. The van der Waals surface area contributed by atoms with E-state index in [-0.39, 0.29) is 11.8 Å². The van der Waals surface area contributed by atoms with Crippen LogP contribution in [0.5, 0.6) is 0 Å². The smallest absolute Gasteiger partial charge is 0.191 e. The van der Waals surface area contributed by atoms with Gasteiger partial charge in [0, 0.05) is 37.8 Å². The maximum atomic E-state index is 11.2. The third-order valence-electron chi connectivity index (χ3n) is 3.04. The molecule has 0 amide bonds. The highest BCUT2D eigenvalue weighted by atomic mass is 32.2. The van der Waals surface area contributed by atoms with Crippen LogP contribution in [0.15, 0.2) is 29.5 Å². The number of guanidine groups is 1. The van der Waals surface area contributed by atoms with Gasteiger partial charge in [0.05, 0.1) is 5.75 Å². The van der Waals surface area contributed by atoms with Gasteiger partial charge < -0.3 is 10.6 Å². The molecule has 1 aromatic heterocycles. The molecule has 0 aromatic carbocycles. The molecule has 0 radical (unpaired) electrons. The Kier molecular flexibility index (Phi) is 7.87. The van der Waals surface area contributed by atoms with Gasteiger partial charge >= 0.3 is 0 Å². The summed E-state index contributed by atoms with van der Waals surface area (Å²) in [6.45, 7) is 5.37. The molecular weight excluding hydrogens is 300 g/mol. The summed E-state index contributed by atoms with van der Waals surface area (Å²) in [5.41, 5.74) is 1.15. The van der Waals surface area contributed by atoms with Crippen LogP contribution in [0.4, 0.5) is 0 Å². The molecule has 1 rings (SSSR count). The molecule has 0 spiro atoms. The molecular formula is C15H26N4O2S. The van der Waals surface area contributed by atoms with Crippen LogP contribution in [0.25, 0.3) is 0 Å². The number of hydrogen-bond donors (Lipinski definition) is 2. The minimum Gasteiger partial charge on any atom is -0.357 e. The average molecular weight is 326 g/mol. The summed E-state index contributed by atoms with van der Waals surface area (Å²) in [6, 6.07) is 3.99. The van der Waals surface area contributed by atoms with Crippen molar-refractivity contribution in [3.8, 4) is 0 Å². The van der Waals surface area contributed by atoms with Gasteiger partial charge in [0.15, 0.2) is 5.96 Å². The maximum absolute atomic E-state index is 11.2. The third-order valence-corrected chi connectivity index (χ3v) is 4.02. The largest absolute Gasteiger partial charge is 0.357 e. The zero-order valence-electron chi connectivity index (χ0n) is 13.5. The Morgan fingerprint density at radius 3 is 2.82 bits per heavy atom. The number of aromatic nitrogens is 1. The number of nitrogens with one attached hydrogen (secondary N) is 2. The number of rotatable bonds is 8. The predicted molar refractivity (Wildman–Crippen MR) is 90.8 cm³/mol. The highest BCUT2D eigenvalue weighted by Gasteiger charge is 2.09. The van der Waals surface area contributed by atoms with Gasteiger partial charge in [-0.3, -0.25) is 9.98 Å². The minimum absolute atomic E-state index is 0.0471. The van der Waals surface area contributed by atoms with Crippen molar-refractivity contribution in [2.75, 3.05) is 25.1 Å². The zero-order chi connectivity index (χ0) is 16.4. The van der Waals surface area contributed by atoms with Gasteiger partial charge in [-0.2, -0.15) is 0 Å². The molecule has 22 heavy (non-hydrogen) atoms. The first-order valence-electron chi connectivity index (χ1n) is 7.52. The van der Waals surface area contributed by atoms with Crippen LogP contribution in [-0.4, -0.2) is 50.5 Å².